The van der Waals surface area contributed by atoms with Gasteiger partial charge in [-0.15, -0.1) is 0 Å². The molecule has 1 aliphatic rings. The van der Waals surface area contributed by atoms with Crippen LogP contribution in [0.2, 0.25) is 0 Å². The molecule has 3 heteroatoms. The summed E-state index contributed by atoms with van der Waals surface area (Å²) in [6.45, 7) is 6.12. The highest BCUT2D eigenvalue weighted by Gasteiger charge is 2.23. The molecule has 13 heavy (non-hydrogen) atoms. The average Bonchev–Trinajstić information content (AvgIpc) is 2.18. The fraction of sp³-hybridized carbons (Fsp3) is 0.900. The van der Waals surface area contributed by atoms with Gasteiger partial charge in [-0.2, -0.15) is 0 Å². The van der Waals surface area contributed by atoms with Crippen LogP contribution in [0.3, 0.4) is 0 Å². The zero-order valence-electron chi connectivity index (χ0n) is 8.60. The van der Waals surface area contributed by atoms with Crippen molar-refractivity contribution in [2.45, 2.75) is 39.2 Å². The van der Waals surface area contributed by atoms with Crippen LogP contribution in [0.5, 0.6) is 0 Å². The number of carbonyl (C=O) groups is 1. The summed E-state index contributed by atoms with van der Waals surface area (Å²) in [6.07, 6.45) is 2.94. The molecule has 2 N–H and O–H groups in total. The molecule has 0 spiro atoms. The molecule has 1 aliphatic heterocycles. The highest BCUT2D eigenvalue weighted by atomic mass is 16.1. The Morgan fingerprint density at radius 3 is 2.92 bits per heavy atom. The minimum atomic E-state index is 0.173. The summed E-state index contributed by atoms with van der Waals surface area (Å²) < 4.78 is 0. The molecule has 2 atom stereocenters. The summed E-state index contributed by atoms with van der Waals surface area (Å²) in [5.74, 6) is 0.837. The van der Waals surface area contributed by atoms with Gasteiger partial charge >= 0.3 is 0 Å². The first-order chi connectivity index (χ1) is 6.27. The Morgan fingerprint density at radius 2 is 2.31 bits per heavy atom. The molecule has 0 aliphatic carbocycles. The molecule has 0 bridgehead atoms. The lowest BCUT2D eigenvalue weighted by Crippen LogP contribution is -2.50. The van der Waals surface area contributed by atoms with Crippen molar-refractivity contribution >= 4 is 5.91 Å². The first-order valence-corrected chi connectivity index (χ1v) is 5.28. The van der Waals surface area contributed by atoms with Gasteiger partial charge in [0.05, 0.1) is 0 Å². The number of nitrogens with one attached hydrogen (secondary N) is 2. The Balaban J connectivity index is 2.40. The van der Waals surface area contributed by atoms with Gasteiger partial charge in [0.25, 0.3) is 0 Å². The molecule has 0 aromatic rings. The predicted molar refractivity (Wildman–Crippen MR) is 53.5 cm³/mol. The Kier molecular flexibility index (Phi) is 4.22. The van der Waals surface area contributed by atoms with Crippen molar-refractivity contribution in [1.29, 1.82) is 0 Å². The number of piperidine rings is 1. The van der Waals surface area contributed by atoms with Crippen LogP contribution in [-0.2, 0) is 4.79 Å². The van der Waals surface area contributed by atoms with Gasteiger partial charge in [0, 0.05) is 19.0 Å². The monoisotopic (exact) mass is 184 g/mol. The maximum atomic E-state index is 11.2. The van der Waals surface area contributed by atoms with Crippen LogP contribution in [0, 0.1) is 5.92 Å². The van der Waals surface area contributed by atoms with Crippen LogP contribution in [0.4, 0.5) is 0 Å². The Bertz CT molecular complexity index is 170. The van der Waals surface area contributed by atoms with Crippen LogP contribution < -0.4 is 10.6 Å². The second-order valence-corrected chi connectivity index (χ2v) is 3.69. The van der Waals surface area contributed by atoms with Crippen molar-refractivity contribution in [3.8, 4) is 0 Å². The van der Waals surface area contributed by atoms with Crippen LogP contribution in [-0.4, -0.2) is 25.0 Å². The van der Waals surface area contributed by atoms with Crippen LogP contribution >= 0.6 is 0 Å². The van der Waals surface area contributed by atoms with E-state index >= 15 is 0 Å². The fourth-order valence-corrected chi connectivity index (χ4v) is 1.88. The van der Waals surface area contributed by atoms with E-state index in [1.54, 1.807) is 0 Å². The molecular formula is C10H20N2O. The zero-order chi connectivity index (χ0) is 9.68. The highest BCUT2D eigenvalue weighted by Crippen LogP contribution is 2.16. The molecule has 2 unspecified atom stereocenters. The maximum Gasteiger partial charge on any atom is 0.219 e. The summed E-state index contributed by atoms with van der Waals surface area (Å²) in [4.78, 5) is 11.2. The fourth-order valence-electron chi connectivity index (χ4n) is 1.88. The molecule has 0 aromatic carbocycles. The van der Waals surface area contributed by atoms with Gasteiger partial charge in [-0.05, 0) is 18.9 Å². The third-order valence-corrected chi connectivity index (χ3v) is 2.82. The van der Waals surface area contributed by atoms with E-state index in [1.165, 1.54) is 6.42 Å². The van der Waals surface area contributed by atoms with Crippen LogP contribution in [0.1, 0.15) is 33.1 Å². The summed E-state index contributed by atoms with van der Waals surface area (Å²) >= 11 is 0. The minimum absolute atomic E-state index is 0.173. The topological polar surface area (TPSA) is 41.1 Å². The lowest BCUT2D eigenvalue weighted by Gasteiger charge is -2.32. The van der Waals surface area contributed by atoms with E-state index in [2.05, 4.69) is 17.6 Å². The number of carbonyl (C=O) groups excluding carboxylic acids is 1. The van der Waals surface area contributed by atoms with Crippen molar-refractivity contribution < 1.29 is 4.79 Å². The van der Waals surface area contributed by atoms with E-state index in [1.807, 2.05) is 6.92 Å². The summed E-state index contributed by atoms with van der Waals surface area (Å²) in [5, 5.41) is 6.38. The van der Waals surface area contributed by atoms with Crippen molar-refractivity contribution in [3.63, 3.8) is 0 Å². The van der Waals surface area contributed by atoms with Gasteiger partial charge < -0.3 is 10.6 Å². The maximum absolute atomic E-state index is 11.2. The van der Waals surface area contributed by atoms with Gasteiger partial charge in [-0.25, -0.2) is 0 Å². The summed E-state index contributed by atoms with van der Waals surface area (Å²) in [7, 11) is 0. The van der Waals surface area contributed by atoms with Gasteiger partial charge in [0.2, 0.25) is 5.91 Å². The molecular weight excluding hydrogens is 164 g/mol. The molecule has 1 rings (SSSR count). The van der Waals surface area contributed by atoms with Crippen molar-refractivity contribution in [2.75, 3.05) is 13.1 Å². The number of rotatable bonds is 3. The molecule has 0 saturated carbocycles. The largest absolute Gasteiger partial charge is 0.352 e. The first-order valence-electron chi connectivity index (χ1n) is 5.28. The Morgan fingerprint density at radius 1 is 1.54 bits per heavy atom. The third kappa shape index (κ3) is 2.99. The van der Waals surface area contributed by atoms with Crippen LogP contribution in [0.15, 0.2) is 0 Å². The van der Waals surface area contributed by atoms with Gasteiger partial charge in [0.15, 0.2) is 0 Å². The van der Waals surface area contributed by atoms with Gasteiger partial charge in [0.1, 0.15) is 0 Å². The Hall–Kier alpha value is -0.570. The van der Waals surface area contributed by atoms with E-state index in [9.17, 15) is 4.79 Å². The number of hydrogen-bond donors (Lipinski definition) is 2. The molecule has 1 saturated heterocycles. The first kappa shape index (κ1) is 10.5. The Labute approximate surface area is 80.3 Å². The molecule has 76 valence electrons. The zero-order valence-corrected chi connectivity index (χ0v) is 8.60. The number of amides is 1. The van der Waals surface area contributed by atoms with Gasteiger partial charge in [-0.1, -0.05) is 20.3 Å². The van der Waals surface area contributed by atoms with E-state index in [-0.39, 0.29) is 5.91 Å². The van der Waals surface area contributed by atoms with Crippen molar-refractivity contribution in [2.24, 2.45) is 5.92 Å². The lowest BCUT2D eigenvalue weighted by atomic mass is 9.90. The average molecular weight is 184 g/mol. The SMILES string of the molecule is CCC(=O)NC1CNCCC1CC. The number of hydrogen-bond acceptors (Lipinski definition) is 2. The predicted octanol–water partition coefficient (Wildman–Crippen LogP) is 0.901. The van der Waals surface area contributed by atoms with Crippen molar-refractivity contribution in [3.05, 3.63) is 0 Å². The second kappa shape index (κ2) is 5.22. The van der Waals surface area contributed by atoms with Gasteiger partial charge in [-0.3, -0.25) is 4.79 Å². The van der Waals surface area contributed by atoms with E-state index in [4.69, 9.17) is 0 Å². The summed E-state index contributed by atoms with van der Waals surface area (Å²) in [5.41, 5.74) is 0. The normalized spacial score (nSPS) is 28.5. The van der Waals surface area contributed by atoms with Crippen molar-refractivity contribution in [1.82, 2.24) is 10.6 Å². The molecule has 0 radical (unpaired) electrons. The second-order valence-electron chi connectivity index (χ2n) is 3.69. The molecule has 0 aromatic heterocycles. The molecule has 1 fully saturated rings. The minimum Gasteiger partial charge on any atom is -0.352 e. The molecule has 1 amide bonds. The standard InChI is InChI=1S/C10H20N2O/c1-3-8-5-6-11-7-9(8)12-10(13)4-2/h8-9,11H,3-7H2,1-2H3,(H,12,13). The lowest BCUT2D eigenvalue weighted by molar-refractivity contribution is -0.122. The van der Waals surface area contributed by atoms with E-state index in [0.29, 0.717) is 18.4 Å². The van der Waals surface area contributed by atoms with Crippen LogP contribution in [0.25, 0.3) is 0 Å². The summed E-state index contributed by atoms with van der Waals surface area (Å²) in [6, 6.07) is 0.353. The molecule has 1 heterocycles. The molecule has 3 nitrogen and oxygen atoms in total. The third-order valence-electron chi connectivity index (χ3n) is 2.82. The highest BCUT2D eigenvalue weighted by molar-refractivity contribution is 5.75. The quantitative estimate of drug-likeness (QED) is 0.684. The van der Waals surface area contributed by atoms with E-state index in [0.717, 1.165) is 19.5 Å². The van der Waals surface area contributed by atoms with E-state index < -0.39 is 0 Å². The smallest absolute Gasteiger partial charge is 0.219 e.